The second-order valence-electron chi connectivity index (χ2n) is 4.32. The van der Waals surface area contributed by atoms with E-state index in [9.17, 15) is 9.59 Å². The predicted octanol–water partition coefficient (Wildman–Crippen LogP) is 0.527. The minimum absolute atomic E-state index is 0.212. The van der Waals surface area contributed by atoms with Crippen molar-refractivity contribution in [2.75, 3.05) is 26.3 Å². The summed E-state index contributed by atoms with van der Waals surface area (Å²) < 4.78 is 5.25. The van der Waals surface area contributed by atoms with E-state index in [0.29, 0.717) is 26.3 Å². The van der Waals surface area contributed by atoms with Crippen LogP contribution in [0.1, 0.15) is 20.3 Å². The summed E-state index contributed by atoms with van der Waals surface area (Å²) in [5.74, 6) is -1.50. The number of carbonyl (C=O) groups is 2. The quantitative estimate of drug-likeness (QED) is 0.759. The lowest BCUT2D eigenvalue weighted by molar-refractivity contribution is -0.141. The summed E-state index contributed by atoms with van der Waals surface area (Å²) in [6.45, 7) is 5.70. The molecule has 0 bridgehead atoms. The van der Waals surface area contributed by atoms with Gasteiger partial charge in [-0.2, -0.15) is 0 Å². The molecule has 17 heavy (non-hydrogen) atoms. The van der Waals surface area contributed by atoms with E-state index in [4.69, 9.17) is 9.84 Å². The van der Waals surface area contributed by atoms with Gasteiger partial charge in [0.2, 0.25) is 0 Å². The van der Waals surface area contributed by atoms with Crippen molar-refractivity contribution in [2.24, 2.45) is 5.92 Å². The largest absolute Gasteiger partial charge is 0.481 e. The molecule has 0 radical (unpaired) electrons. The molecule has 6 heteroatoms. The molecule has 2 atom stereocenters. The van der Waals surface area contributed by atoms with E-state index in [1.54, 1.807) is 18.7 Å². The van der Waals surface area contributed by atoms with Crippen LogP contribution in [0.3, 0.4) is 0 Å². The molecule has 2 N–H and O–H groups in total. The number of urea groups is 1. The van der Waals surface area contributed by atoms with Crippen LogP contribution in [0.25, 0.3) is 0 Å². The minimum atomic E-state index is -0.906. The van der Waals surface area contributed by atoms with Gasteiger partial charge in [-0.3, -0.25) is 4.79 Å². The highest BCUT2D eigenvalue weighted by Crippen LogP contribution is 2.05. The highest BCUT2D eigenvalue weighted by Gasteiger charge is 2.23. The molecule has 1 rings (SSSR count). The van der Waals surface area contributed by atoms with Crippen LogP contribution < -0.4 is 5.32 Å². The Morgan fingerprint density at radius 2 is 2.00 bits per heavy atom. The lowest BCUT2D eigenvalue weighted by atomic mass is 10.0. The normalized spacial score (nSPS) is 20.2. The van der Waals surface area contributed by atoms with Crippen molar-refractivity contribution in [1.82, 2.24) is 10.2 Å². The lowest BCUT2D eigenvalue weighted by Gasteiger charge is -2.24. The average molecular weight is 244 g/mol. The number of carbonyl (C=O) groups excluding carboxylic acids is 1. The number of carboxylic acid groups (broad SMARTS) is 1. The van der Waals surface area contributed by atoms with Gasteiger partial charge >= 0.3 is 12.0 Å². The van der Waals surface area contributed by atoms with Crippen molar-refractivity contribution in [3.63, 3.8) is 0 Å². The molecular formula is C11H20N2O4. The monoisotopic (exact) mass is 244 g/mol. The Kier molecular flexibility index (Phi) is 5.21. The van der Waals surface area contributed by atoms with Crippen molar-refractivity contribution in [3.05, 3.63) is 0 Å². The molecule has 0 saturated carbocycles. The molecule has 98 valence electrons. The van der Waals surface area contributed by atoms with Crippen molar-refractivity contribution in [2.45, 2.75) is 26.3 Å². The molecule has 6 nitrogen and oxygen atoms in total. The van der Waals surface area contributed by atoms with Gasteiger partial charge in [-0.05, 0) is 20.3 Å². The Hall–Kier alpha value is -1.30. The third kappa shape index (κ3) is 4.22. The van der Waals surface area contributed by atoms with Crippen molar-refractivity contribution in [1.29, 1.82) is 0 Å². The number of aliphatic carboxylic acids is 1. The van der Waals surface area contributed by atoms with Gasteiger partial charge in [0.05, 0.1) is 12.5 Å². The smallest absolute Gasteiger partial charge is 0.317 e. The minimum Gasteiger partial charge on any atom is -0.481 e. The molecule has 0 spiro atoms. The summed E-state index contributed by atoms with van der Waals surface area (Å²) in [5.41, 5.74) is 0. The van der Waals surface area contributed by atoms with Gasteiger partial charge in [0, 0.05) is 25.7 Å². The fourth-order valence-corrected chi connectivity index (χ4v) is 1.57. The fourth-order valence-electron chi connectivity index (χ4n) is 1.57. The molecule has 1 aliphatic rings. The molecule has 0 aromatic heterocycles. The zero-order valence-corrected chi connectivity index (χ0v) is 10.3. The average Bonchev–Trinajstić information content (AvgIpc) is 2.56. The zero-order valence-electron chi connectivity index (χ0n) is 10.3. The molecule has 1 aliphatic heterocycles. The van der Waals surface area contributed by atoms with Gasteiger partial charge in [-0.15, -0.1) is 0 Å². The van der Waals surface area contributed by atoms with E-state index in [-0.39, 0.29) is 12.1 Å². The van der Waals surface area contributed by atoms with Crippen LogP contribution in [0.4, 0.5) is 4.79 Å². The number of rotatable bonds is 3. The number of carboxylic acids is 1. The Morgan fingerprint density at radius 1 is 1.29 bits per heavy atom. The van der Waals surface area contributed by atoms with Crippen LogP contribution >= 0.6 is 0 Å². The topological polar surface area (TPSA) is 78.9 Å². The van der Waals surface area contributed by atoms with E-state index < -0.39 is 11.9 Å². The van der Waals surface area contributed by atoms with Gasteiger partial charge in [-0.1, -0.05) is 0 Å². The first-order valence-electron chi connectivity index (χ1n) is 5.88. The highest BCUT2D eigenvalue weighted by atomic mass is 16.5. The van der Waals surface area contributed by atoms with Crippen molar-refractivity contribution < 1.29 is 19.4 Å². The summed E-state index contributed by atoms with van der Waals surface area (Å²) in [6.07, 6.45) is 0.816. The van der Waals surface area contributed by atoms with E-state index in [2.05, 4.69) is 5.32 Å². The molecular weight excluding hydrogens is 224 g/mol. The van der Waals surface area contributed by atoms with Crippen LogP contribution in [-0.4, -0.2) is 54.4 Å². The first-order chi connectivity index (χ1) is 8.02. The van der Waals surface area contributed by atoms with Crippen molar-refractivity contribution >= 4 is 12.0 Å². The van der Waals surface area contributed by atoms with Gasteiger partial charge in [0.15, 0.2) is 0 Å². The van der Waals surface area contributed by atoms with E-state index >= 15 is 0 Å². The zero-order chi connectivity index (χ0) is 12.8. The highest BCUT2D eigenvalue weighted by molar-refractivity contribution is 5.76. The number of ether oxygens (including phenoxy) is 1. The standard InChI is InChI=1S/C11H20N2O4/c1-8(10(14)15)9(2)12-11(16)13-4-3-6-17-7-5-13/h8-9H,3-7H2,1-2H3,(H,12,16)(H,14,15). The summed E-state index contributed by atoms with van der Waals surface area (Å²) in [5, 5.41) is 11.5. The third-order valence-corrected chi connectivity index (χ3v) is 3.00. The predicted molar refractivity (Wildman–Crippen MR) is 61.8 cm³/mol. The summed E-state index contributed by atoms with van der Waals surface area (Å²) >= 11 is 0. The molecule has 1 heterocycles. The molecule has 2 unspecified atom stereocenters. The Balaban J connectivity index is 2.44. The number of hydrogen-bond donors (Lipinski definition) is 2. The lowest BCUT2D eigenvalue weighted by Crippen LogP contribution is -2.48. The molecule has 1 saturated heterocycles. The molecule has 0 aromatic carbocycles. The fraction of sp³-hybridized carbons (Fsp3) is 0.818. The molecule has 1 fully saturated rings. The number of nitrogens with one attached hydrogen (secondary N) is 1. The van der Waals surface area contributed by atoms with Gasteiger partial charge in [-0.25, -0.2) is 4.79 Å². The molecule has 2 amide bonds. The molecule has 0 aromatic rings. The van der Waals surface area contributed by atoms with E-state index in [1.165, 1.54) is 0 Å². The van der Waals surface area contributed by atoms with Crippen LogP contribution in [0.15, 0.2) is 0 Å². The first kappa shape index (κ1) is 13.8. The third-order valence-electron chi connectivity index (χ3n) is 3.00. The van der Waals surface area contributed by atoms with Crippen LogP contribution in [0.2, 0.25) is 0 Å². The Bertz CT molecular complexity index is 275. The number of nitrogens with zero attached hydrogens (tertiary/aromatic N) is 1. The summed E-state index contributed by atoms with van der Waals surface area (Å²) in [4.78, 5) is 24.3. The maximum atomic E-state index is 11.9. The van der Waals surface area contributed by atoms with Gasteiger partial charge < -0.3 is 20.1 Å². The Labute approximate surface area is 101 Å². The number of amides is 2. The van der Waals surface area contributed by atoms with Crippen LogP contribution in [-0.2, 0) is 9.53 Å². The first-order valence-corrected chi connectivity index (χ1v) is 5.88. The Morgan fingerprint density at radius 3 is 2.65 bits per heavy atom. The van der Waals surface area contributed by atoms with E-state index in [0.717, 1.165) is 6.42 Å². The van der Waals surface area contributed by atoms with Crippen LogP contribution in [0.5, 0.6) is 0 Å². The maximum absolute atomic E-state index is 11.9. The number of hydrogen-bond acceptors (Lipinski definition) is 3. The van der Waals surface area contributed by atoms with E-state index in [1.807, 2.05) is 0 Å². The van der Waals surface area contributed by atoms with Crippen molar-refractivity contribution in [3.8, 4) is 0 Å². The second-order valence-corrected chi connectivity index (χ2v) is 4.32. The summed E-state index contributed by atoms with van der Waals surface area (Å²) in [6, 6.07) is -0.597. The summed E-state index contributed by atoms with van der Waals surface area (Å²) in [7, 11) is 0. The molecule has 0 aliphatic carbocycles. The second kappa shape index (κ2) is 6.44. The van der Waals surface area contributed by atoms with Gasteiger partial charge in [0.1, 0.15) is 0 Å². The maximum Gasteiger partial charge on any atom is 0.317 e. The van der Waals surface area contributed by atoms with Gasteiger partial charge in [0.25, 0.3) is 0 Å². The van der Waals surface area contributed by atoms with Crippen LogP contribution in [0, 0.1) is 5.92 Å². The SMILES string of the molecule is CC(NC(=O)N1CCCOCC1)C(C)C(=O)O.